The van der Waals surface area contributed by atoms with Gasteiger partial charge in [-0.05, 0) is 19.8 Å². The molecule has 0 spiro atoms. The van der Waals surface area contributed by atoms with E-state index in [1.54, 1.807) is 0 Å². The molecule has 1 aliphatic heterocycles. The fourth-order valence-corrected chi connectivity index (χ4v) is 3.36. The second-order valence-corrected chi connectivity index (χ2v) is 5.79. The van der Waals surface area contributed by atoms with Crippen molar-refractivity contribution in [1.29, 1.82) is 0 Å². The van der Waals surface area contributed by atoms with Crippen LogP contribution < -0.4 is 5.73 Å². The van der Waals surface area contributed by atoms with Crippen LogP contribution in [0.1, 0.15) is 32.4 Å². The molecule has 17 heavy (non-hydrogen) atoms. The fraction of sp³-hybridized carbons (Fsp3) is 0.750. The van der Waals surface area contributed by atoms with Crippen LogP contribution in [-0.2, 0) is 18.2 Å². The Labute approximate surface area is 107 Å². The predicted molar refractivity (Wildman–Crippen MR) is 71.3 cm³/mol. The molecule has 0 radical (unpaired) electrons. The van der Waals surface area contributed by atoms with Gasteiger partial charge in [0.1, 0.15) is 5.03 Å². The number of nitrogens with zero attached hydrogens (tertiary/aromatic N) is 2. The van der Waals surface area contributed by atoms with Crippen molar-refractivity contribution in [3.8, 4) is 0 Å². The van der Waals surface area contributed by atoms with E-state index in [2.05, 4.69) is 18.9 Å². The molecule has 2 heterocycles. The zero-order valence-electron chi connectivity index (χ0n) is 10.8. The van der Waals surface area contributed by atoms with E-state index < -0.39 is 0 Å². The molecule has 2 rings (SSSR count). The second-order valence-electron chi connectivity index (χ2n) is 4.56. The zero-order chi connectivity index (χ0) is 12.4. The molecule has 0 amide bonds. The van der Waals surface area contributed by atoms with Gasteiger partial charge in [0.2, 0.25) is 0 Å². The number of hydrogen-bond donors (Lipinski definition) is 1. The maximum atomic E-state index is 6.17. The molecule has 2 N–H and O–H groups in total. The number of rotatable bonds is 4. The molecular formula is C12H21N3OS. The van der Waals surface area contributed by atoms with Crippen LogP contribution in [0.5, 0.6) is 0 Å². The van der Waals surface area contributed by atoms with Crippen LogP contribution in [0.2, 0.25) is 0 Å². The van der Waals surface area contributed by atoms with Gasteiger partial charge in [0.25, 0.3) is 0 Å². The molecule has 0 aliphatic carbocycles. The summed E-state index contributed by atoms with van der Waals surface area (Å²) in [7, 11) is 1.97. The summed E-state index contributed by atoms with van der Waals surface area (Å²) in [6.07, 6.45) is 3.44. The van der Waals surface area contributed by atoms with Gasteiger partial charge in [-0.2, -0.15) is 5.10 Å². The lowest BCUT2D eigenvalue weighted by atomic mass is 10.2. The lowest BCUT2D eigenvalue weighted by molar-refractivity contribution is 0.127. The highest BCUT2D eigenvalue weighted by Crippen LogP contribution is 2.36. The lowest BCUT2D eigenvalue weighted by Gasteiger charge is -2.13. The van der Waals surface area contributed by atoms with Crippen molar-refractivity contribution in [1.82, 2.24) is 9.78 Å². The van der Waals surface area contributed by atoms with Crippen molar-refractivity contribution in [2.75, 3.05) is 12.3 Å². The molecule has 1 fully saturated rings. The molecule has 1 aliphatic rings. The Kier molecular flexibility index (Phi) is 3.99. The third-order valence-electron chi connectivity index (χ3n) is 3.16. The van der Waals surface area contributed by atoms with E-state index in [0.717, 1.165) is 42.3 Å². The van der Waals surface area contributed by atoms with Crippen molar-refractivity contribution in [3.05, 3.63) is 5.69 Å². The van der Waals surface area contributed by atoms with Gasteiger partial charge in [0.15, 0.2) is 0 Å². The minimum atomic E-state index is 0.309. The van der Waals surface area contributed by atoms with Crippen molar-refractivity contribution >= 4 is 17.4 Å². The Morgan fingerprint density at radius 3 is 2.94 bits per heavy atom. The lowest BCUT2D eigenvalue weighted by Crippen LogP contribution is -2.14. The van der Waals surface area contributed by atoms with Gasteiger partial charge in [0, 0.05) is 18.9 Å². The minimum Gasteiger partial charge on any atom is -0.395 e. The fourth-order valence-electron chi connectivity index (χ4n) is 2.15. The Morgan fingerprint density at radius 2 is 2.35 bits per heavy atom. The summed E-state index contributed by atoms with van der Waals surface area (Å²) in [5.74, 6) is 0. The standard InChI is InChI=1S/C12H21N3OS/c1-4-5-9-11(13)12(15(3)14-9)17-10-6-7-16-8(10)2/h8,10H,4-7,13H2,1-3H3. The van der Waals surface area contributed by atoms with Crippen molar-refractivity contribution in [2.24, 2.45) is 7.05 Å². The van der Waals surface area contributed by atoms with Crippen LogP contribution in [0.25, 0.3) is 0 Å². The summed E-state index contributed by atoms with van der Waals surface area (Å²) in [6.45, 7) is 5.14. The van der Waals surface area contributed by atoms with Crippen molar-refractivity contribution < 1.29 is 4.74 Å². The van der Waals surface area contributed by atoms with Gasteiger partial charge in [-0.3, -0.25) is 4.68 Å². The molecule has 2 atom stereocenters. The number of thioether (sulfide) groups is 1. The van der Waals surface area contributed by atoms with Crippen LogP contribution in [0.4, 0.5) is 5.69 Å². The van der Waals surface area contributed by atoms with Crippen molar-refractivity contribution in [3.63, 3.8) is 0 Å². The largest absolute Gasteiger partial charge is 0.395 e. The van der Waals surface area contributed by atoms with Crippen LogP contribution in [-0.4, -0.2) is 27.7 Å². The van der Waals surface area contributed by atoms with Gasteiger partial charge in [0.05, 0.1) is 17.5 Å². The first-order chi connectivity index (χ1) is 8.13. The van der Waals surface area contributed by atoms with Gasteiger partial charge in [-0.25, -0.2) is 0 Å². The molecule has 1 aromatic rings. The monoisotopic (exact) mass is 255 g/mol. The zero-order valence-corrected chi connectivity index (χ0v) is 11.6. The summed E-state index contributed by atoms with van der Waals surface area (Å²) in [5, 5.41) is 6.09. The molecule has 1 saturated heterocycles. The summed E-state index contributed by atoms with van der Waals surface area (Å²) in [6, 6.07) is 0. The van der Waals surface area contributed by atoms with Crippen LogP contribution in [0.15, 0.2) is 5.03 Å². The molecule has 2 unspecified atom stereocenters. The van der Waals surface area contributed by atoms with Gasteiger partial charge >= 0.3 is 0 Å². The van der Waals surface area contributed by atoms with Crippen LogP contribution >= 0.6 is 11.8 Å². The number of nitrogens with two attached hydrogens (primary N) is 1. The first kappa shape index (κ1) is 12.8. The van der Waals surface area contributed by atoms with E-state index in [1.807, 2.05) is 23.5 Å². The Balaban J connectivity index is 2.14. The third kappa shape index (κ3) is 2.60. The number of nitrogen functional groups attached to an aromatic ring is 1. The first-order valence-electron chi connectivity index (χ1n) is 6.23. The predicted octanol–water partition coefficient (Wildman–Crippen LogP) is 2.22. The molecular weight excluding hydrogens is 234 g/mol. The van der Waals surface area contributed by atoms with Gasteiger partial charge in [-0.1, -0.05) is 25.1 Å². The molecule has 0 bridgehead atoms. The Morgan fingerprint density at radius 1 is 1.59 bits per heavy atom. The van der Waals surface area contributed by atoms with E-state index in [1.165, 1.54) is 0 Å². The molecule has 5 heteroatoms. The summed E-state index contributed by atoms with van der Waals surface area (Å²) in [5.41, 5.74) is 8.06. The molecule has 0 aromatic carbocycles. The van der Waals surface area contributed by atoms with Gasteiger partial charge in [-0.15, -0.1) is 0 Å². The minimum absolute atomic E-state index is 0.309. The molecule has 1 aromatic heterocycles. The van der Waals surface area contributed by atoms with E-state index in [-0.39, 0.29) is 0 Å². The molecule has 0 saturated carbocycles. The average molecular weight is 255 g/mol. The summed E-state index contributed by atoms with van der Waals surface area (Å²) in [4.78, 5) is 0. The highest BCUT2D eigenvalue weighted by Gasteiger charge is 2.27. The average Bonchev–Trinajstić information content (AvgIpc) is 2.79. The number of hydrogen-bond acceptors (Lipinski definition) is 4. The third-order valence-corrected chi connectivity index (χ3v) is 4.79. The second kappa shape index (κ2) is 5.31. The number of aryl methyl sites for hydroxylation is 2. The van der Waals surface area contributed by atoms with Crippen molar-refractivity contribution in [2.45, 2.75) is 49.5 Å². The van der Waals surface area contributed by atoms with E-state index in [4.69, 9.17) is 10.5 Å². The number of aromatic nitrogens is 2. The Hall–Kier alpha value is -0.680. The van der Waals surface area contributed by atoms with E-state index >= 15 is 0 Å². The topological polar surface area (TPSA) is 53.1 Å². The highest BCUT2D eigenvalue weighted by molar-refractivity contribution is 8.00. The normalized spacial score (nSPS) is 24.4. The van der Waals surface area contributed by atoms with Crippen LogP contribution in [0, 0.1) is 0 Å². The summed E-state index contributed by atoms with van der Waals surface area (Å²) < 4.78 is 7.49. The van der Waals surface area contributed by atoms with Crippen LogP contribution in [0.3, 0.4) is 0 Å². The highest BCUT2D eigenvalue weighted by atomic mass is 32.2. The smallest absolute Gasteiger partial charge is 0.117 e. The molecule has 96 valence electrons. The quantitative estimate of drug-likeness (QED) is 0.896. The molecule has 4 nitrogen and oxygen atoms in total. The van der Waals surface area contributed by atoms with E-state index in [0.29, 0.717) is 11.4 Å². The van der Waals surface area contributed by atoms with Gasteiger partial charge < -0.3 is 10.5 Å². The summed E-state index contributed by atoms with van der Waals surface area (Å²) >= 11 is 1.81. The first-order valence-corrected chi connectivity index (χ1v) is 7.11. The SMILES string of the molecule is CCCc1nn(C)c(SC2CCOC2C)c1N. The number of ether oxygens (including phenoxy) is 1. The van der Waals surface area contributed by atoms with E-state index in [9.17, 15) is 0 Å². The number of anilines is 1. The maximum Gasteiger partial charge on any atom is 0.117 e. The maximum absolute atomic E-state index is 6.17. The Bertz CT molecular complexity index is 391.